The third kappa shape index (κ3) is 5.10. The molecule has 28 heavy (non-hydrogen) atoms. The maximum absolute atomic E-state index is 12.7. The summed E-state index contributed by atoms with van der Waals surface area (Å²) in [5.41, 5.74) is 3.70. The van der Waals surface area contributed by atoms with Crippen molar-refractivity contribution in [1.82, 2.24) is 10.3 Å². The monoisotopic (exact) mass is 399 g/mol. The molecule has 0 atom stereocenters. The van der Waals surface area contributed by atoms with E-state index in [1.165, 1.54) is 0 Å². The molecule has 2 N–H and O–H groups in total. The minimum atomic E-state index is -0.0841. The van der Waals surface area contributed by atoms with E-state index < -0.39 is 0 Å². The Balaban J connectivity index is 1.49. The number of nitrogens with zero attached hydrogens (tertiary/aromatic N) is 1. The maximum Gasteiger partial charge on any atom is 0.227 e. The van der Waals surface area contributed by atoms with Gasteiger partial charge in [0, 0.05) is 30.8 Å². The van der Waals surface area contributed by atoms with Gasteiger partial charge in [0.2, 0.25) is 11.8 Å². The quantitative estimate of drug-likeness (QED) is 0.782. The largest absolute Gasteiger partial charge is 0.352 e. The average Bonchev–Trinajstić information content (AvgIpc) is 2.69. The first-order chi connectivity index (χ1) is 13.4. The Kier molecular flexibility index (Phi) is 6.68. The molecule has 0 saturated heterocycles. The van der Waals surface area contributed by atoms with Gasteiger partial charge in [-0.15, -0.1) is 0 Å². The molecule has 5 nitrogen and oxygen atoms in total. The van der Waals surface area contributed by atoms with Crippen LogP contribution in [-0.2, 0) is 16.1 Å². The maximum atomic E-state index is 12.7. The zero-order valence-corrected chi connectivity index (χ0v) is 17.1. The minimum absolute atomic E-state index is 0.0110. The Morgan fingerprint density at radius 2 is 1.79 bits per heavy atom. The molecule has 1 heterocycles. The molecule has 1 aliphatic rings. The number of carbonyl (C=O) groups excluding carboxylic acids is 2. The van der Waals surface area contributed by atoms with Crippen LogP contribution < -0.4 is 10.6 Å². The van der Waals surface area contributed by atoms with Crippen molar-refractivity contribution in [2.75, 3.05) is 5.32 Å². The molecule has 6 heteroatoms. The normalized spacial score (nSPS) is 19.1. The highest BCUT2D eigenvalue weighted by Gasteiger charge is 2.30. The third-order valence-electron chi connectivity index (χ3n) is 5.34. The lowest BCUT2D eigenvalue weighted by Gasteiger charge is -2.27. The summed E-state index contributed by atoms with van der Waals surface area (Å²) in [6, 6.07) is 7.65. The third-order valence-corrected chi connectivity index (χ3v) is 5.64. The number of amides is 2. The molecule has 0 spiro atoms. The van der Waals surface area contributed by atoms with E-state index in [1.807, 2.05) is 38.1 Å². The lowest BCUT2D eigenvalue weighted by molar-refractivity contribution is -0.128. The number of nitrogens with one attached hydrogen (secondary N) is 2. The van der Waals surface area contributed by atoms with Crippen molar-refractivity contribution in [2.24, 2.45) is 11.8 Å². The van der Waals surface area contributed by atoms with Crippen LogP contribution in [0.4, 0.5) is 5.69 Å². The van der Waals surface area contributed by atoms with Crippen LogP contribution in [-0.4, -0.2) is 16.8 Å². The fraction of sp³-hybridized carbons (Fsp3) is 0.409. The van der Waals surface area contributed by atoms with Crippen LogP contribution in [0.5, 0.6) is 0 Å². The highest BCUT2D eigenvalue weighted by molar-refractivity contribution is 6.34. The van der Waals surface area contributed by atoms with Gasteiger partial charge in [-0.25, -0.2) is 0 Å². The van der Waals surface area contributed by atoms with E-state index in [2.05, 4.69) is 15.6 Å². The van der Waals surface area contributed by atoms with Crippen molar-refractivity contribution in [3.63, 3.8) is 0 Å². The van der Waals surface area contributed by atoms with E-state index >= 15 is 0 Å². The molecular weight excluding hydrogens is 374 g/mol. The van der Waals surface area contributed by atoms with Gasteiger partial charge in [-0.2, -0.15) is 0 Å². The molecular formula is C22H26ClN3O2. The summed E-state index contributed by atoms with van der Waals surface area (Å²) in [5, 5.41) is 6.53. The zero-order valence-electron chi connectivity index (χ0n) is 16.3. The van der Waals surface area contributed by atoms with Gasteiger partial charge in [-0.05, 0) is 68.4 Å². The van der Waals surface area contributed by atoms with Gasteiger partial charge >= 0.3 is 0 Å². The summed E-state index contributed by atoms with van der Waals surface area (Å²) in [5.74, 6) is -0.0761. The van der Waals surface area contributed by atoms with Gasteiger partial charge in [0.1, 0.15) is 0 Å². The highest BCUT2D eigenvalue weighted by atomic mass is 35.5. The molecule has 1 saturated carbocycles. The first kappa shape index (κ1) is 20.3. The number of halogens is 1. The van der Waals surface area contributed by atoms with Crippen LogP contribution in [0.3, 0.4) is 0 Å². The van der Waals surface area contributed by atoms with Gasteiger partial charge < -0.3 is 10.6 Å². The second kappa shape index (κ2) is 9.20. The van der Waals surface area contributed by atoms with Crippen molar-refractivity contribution in [3.8, 4) is 0 Å². The first-order valence-electron chi connectivity index (χ1n) is 9.68. The van der Waals surface area contributed by atoms with Gasteiger partial charge in [0.05, 0.1) is 10.7 Å². The number of pyridine rings is 1. The molecule has 1 aliphatic carbocycles. The Labute approximate surface area is 170 Å². The summed E-state index contributed by atoms with van der Waals surface area (Å²) in [6.07, 6.45) is 6.32. The summed E-state index contributed by atoms with van der Waals surface area (Å²) in [4.78, 5) is 29.1. The van der Waals surface area contributed by atoms with Crippen molar-refractivity contribution in [3.05, 3.63) is 58.4 Å². The van der Waals surface area contributed by atoms with Gasteiger partial charge in [0.25, 0.3) is 0 Å². The number of benzene rings is 1. The number of anilines is 1. The van der Waals surface area contributed by atoms with Crippen LogP contribution in [0.2, 0.25) is 5.02 Å². The van der Waals surface area contributed by atoms with E-state index in [1.54, 1.807) is 12.4 Å². The van der Waals surface area contributed by atoms with Crippen molar-refractivity contribution in [1.29, 1.82) is 0 Å². The van der Waals surface area contributed by atoms with Crippen molar-refractivity contribution in [2.45, 2.75) is 46.1 Å². The van der Waals surface area contributed by atoms with Crippen LogP contribution >= 0.6 is 11.6 Å². The molecule has 3 rings (SSSR count). The lowest BCUT2D eigenvalue weighted by Crippen LogP contribution is -2.35. The molecule has 0 bridgehead atoms. The predicted molar refractivity (Wildman–Crippen MR) is 111 cm³/mol. The zero-order chi connectivity index (χ0) is 20.1. The molecule has 1 fully saturated rings. The number of aromatic nitrogens is 1. The van der Waals surface area contributed by atoms with E-state index in [4.69, 9.17) is 11.6 Å². The summed E-state index contributed by atoms with van der Waals surface area (Å²) < 4.78 is 0. The van der Waals surface area contributed by atoms with Gasteiger partial charge in [-0.1, -0.05) is 23.7 Å². The molecule has 1 aromatic heterocycles. The highest BCUT2D eigenvalue weighted by Crippen LogP contribution is 2.32. The topological polar surface area (TPSA) is 71.1 Å². The number of carbonyl (C=O) groups is 2. The van der Waals surface area contributed by atoms with Crippen LogP contribution in [0.15, 0.2) is 36.7 Å². The van der Waals surface area contributed by atoms with Crippen LogP contribution in [0, 0.1) is 25.7 Å². The Hall–Kier alpha value is -2.40. The van der Waals surface area contributed by atoms with Gasteiger partial charge in [-0.3, -0.25) is 14.6 Å². The number of hydrogen-bond acceptors (Lipinski definition) is 3. The van der Waals surface area contributed by atoms with Crippen LogP contribution in [0.1, 0.15) is 42.4 Å². The molecule has 148 valence electrons. The predicted octanol–water partition coefficient (Wildman–Crippen LogP) is 4.41. The fourth-order valence-electron chi connectivity index (χ4n) is 3.75. The number of hydrogen-bond donors (Lipinski definition) is 2. The van der Waals surface area contributed by atoms with E-state index in [0.717, 1.165) is 29.5 Å². The minimum Gasteiger partial charge on any atom is -0.352 e. The number of rotatable bonds is 5. The summed E-state index contributed by atoms with van der Waals surface area (Å²) in [6.45, 7) is 4.40. The Morgan fingerprint density at radius 3 is 2.39 bits per heavy atom. The van der Waals surface area contributed by atoms with Gasteiger partial charge in [0.15, 0.2) is 0 Å². The summed E-state index contributed by atoms with van der Waals surface area (Å²) >= 11 is 6.30. The molecule has 0 aliphatic heterocycles. The Bertz CT molecular complexity index is 823. The fourth-order valence-corrected chi connectivity index (χ4v) is 4.12. The second-order valence-electron chi connectivity index (χ2n) is 7.56. The Morgan fingerprint density at radius 1 is 1.11 bits per heavy atom. The first-order valence-corrected chi connectivity index (χ1v) is 10.1. The smallest absolute Gasteiger partial charge is 0.227 e. The van der Waals surface area contributed by atoms with Crippen molar-refractivity contribution < 1.29 is 9.59 Å². The molecule has 1 aromatic carbocycles. The molecule has 2 amide bonds. The van der Waals surface area contributed by atoms with E-state index in [0.29, 0.717) is 30.1 Å². The number of aryl methyl sites for hydroxylation is 2. The molecule has 2 aromatic rings. The molecule has 0 radical (unpaired) electrons. The summed E-state index contributed by atoms with van der Waals surface area (Å²) in [7, 11) is 0. The van der Waals surface area contributed by atoms with Crippen LogP contribution in [0.25, 0.3) is 0 Å². The lowest BCUT2D eigenvalue weighted by atomic mass is 9.81. The van der Waals surface area contributed by atoms with E-state index in [-0.39, 0.29) is 23.7 Å². The SMILES string of the molecule is Cc1cc(C)c(NC(=O)C2CCC(C(=O)NCc3cccnc3)CC2)c(Cl)c1. The van der Waals surface area contributed by atoms with Crippen molar-refractivity contribution >= 4 is 29.1 Å². The van der Waals surface area contributed by atoms with E-state index in [9.17, 15) is 9.59 Å². The average molecular weight is 400 g/mol. The second-order valence-corrected chi connectivity index (χ2v) is 7.96. The molecule has 0 unspecified atom stereocenters. The standard InChI is InChI=1S/C22H26ClN3O2/c1-14-10-15(2)20(19(23)11-14)26-22(28)18-7-5-17(6-8-18)21(27)25-13-16-4-3-9-24-12-16/h3-4,9-12,17-18H,5-8,13H2,1-2H3,(H,25,27)(H,26,28).